The molecule has 0 aliphatic heterocycles. The van der Waals surface area contributed by atoms with Crippen LogP contribution >= 0.6 is 11.3 Å². The Labute approximate surface area is 103 Å². The molecule has 0 saturated heterocycles. The first-order valence-electron chi connectivity index (χ1n) is 5.05. The van der Waals surface area contributed by atoms with E-state index in [1.807, 2.05) is 31.2 Å². The number of rotatable bonds is 2. The molecule has 1 heterocycles. The van der Waals surface area contributed by atoms with Gasteiger partial charge in [-0.2, -0.15) is 0 Å². The summed E-state index contributed by atoms with van der Waals surface area (Å²) in [5.74, 6) is -0.407. The number of aromatic nitrogens is 1. The summed E-state index contributed by atoms with van der Waals surface area (Å²) in [7, 11) is 1.34. The van der Waals surface area contributed by atoms with Gasteiger partial charge in [-0.3, -0.25) is 9.98 Å². The molecule has 1 aromatic heterocycles. The van der Waals surface area contributed by atoms with Gasteiger partial charge in [0.2, 0.25) is 0 Å². The van der Waals surface area contributed by atoms with Gasteiger partial charge in [0.05, 0.1) is 12.8 Å². The smallest absolute Gasteiger partial charge is 0.349 e. The predicted molar refractivity (Wildman–Crippen MR) is 65.6 cm³/mol. The third kappa shape index (κ3) is 2.14. The summed E-state index contributed by atoms with van der Waals surface area (Å²) in [6, 6.07) is 7.74. The summed E-state index contributed by atoms with van der Waals surface area (Å²) in [5, 5.41) is 7.87. The predicted octanol–water partition coefficient (Wildman–Crippen LogP) is 2.11. The van der Waals surface area contributed by atoms with E-state index in [-0.39, 0.29) is 0 Å². The number of ether oxygens (including phenoxy) is 1. The number of carbonyl (C=O) groups excluding carboxylic acids is 1. The standard InChI is InChI=1S/C12H12N2O2S/c1-8-5-3-4-6-9(8)14-7-10(11(15)16-2)17-12(14)13/h3-7,13H,1-2H3. The zero-order valence-electron chi connectivity index (χ0n) is 9.56. The second kappa shape index (κ2) is 4.55. The fourth-order valence-corrected chi connectivity index (χ4v) is 2.35. The van der Waals surface area contributed by atoms with Crippen LogP contribution in [0.15, 0.2) is 30.5 Å². The molecule has 5 heteroatoms. The molecule has 1 N–H and O–H groups in total. The third-order valence-electron chi connectivity index (χ3n) is 2.43. The number of aryl methyl sites for hydroxylation is 1. The Morgan fingerprint density at radius 3 is 2.76 bits per heavy atom. The Balaban J connectivity index is 2.54. The van der Waals surface area contributed by atoms with Crippen LogP contribution in [0, 0.1) is 12.3 Å². The first kappa shape index (κ1) is 11.6. The van der Waals surface area contributed by atoms with Gasteiger partial charge < -0.3 is 4.74 Å². The molecule has 2 rings (SSSR count). The van der Waals surface area contributed by atoms with Gasteiger partial charge in [0, 0.05) is 6.20 Å². The maximum Gasteiger partial charge on any atom is 0.349 e. The lowest BCUT2D eigenvalue weighted by Gasteiger charge is -2.05. The van der Waals surface area contributed by atoms with Gasteiger partial charge in [-0.1, -0.05) is 29.5 Å². The highest BCUT2D eigenvalue weighted by Crippen LogP contribution is 2.14. The van der Waals surface area contributed by atoms with Crippen molar-refractivity contribution in [2.75, 3.05) is 7.11 Å². The van der Waals surface area contributed by atoms with Crippen LogP contribution in [0.3, 0.4) is 0 Å². The molecule has 0 aliphatic rings. The third-order valence-corrected chi connectivity index (χ3v) is 3.32. The summed E-state index contributed by atoms with van der Waals surface area (Å²) >= 11 is 1.11. The highest BCUT2D eigenvalue weighted by Gasteiger charge is 2.12. The zero-order chi connectivity index (χ0) is 12.4. The maximum atomic E-state index is 11.4. The van der Waals surface area contributed by atoms with Gasteiger partial charge in [-0.15, -0.1) is 0 Å². The molecule has 17 heavy (non-hydrogen) atoms. The molecule has 88 valence electrons. The van der Waals surface area contributed by atoms with Crippen molar-refractivity contribution in [3.63, 3.8) is 0 Å². The van der Waals surface area contributed by atoms with E-state index in [4.69, 9.17) is 5.41 Å². The molecule has 4 nitrogen and oxygen atoms in total. The van der Waals surface area contributed by atoms with E-state index in [0.717, 1.165) is 22.6 Å². The van der Waals surface area contributed by atoms with Crippen LogP contribution in [0.4, 0.5) is 0 Å². The van der Waals surface area contributed by atoms with Gasteiger partial charge in [0.15, 0.2) is 4.80 Å². The molecule has 0 atom stereocenters. The molecule has 0 radical (unpaired) electrons. The Morgan fingerprint density at radius 2 is 2.12 bits per heavy atom. The summed E-state index contributed by atoms with van der Waals surface area (Å²) in [5.41, 5.74) is 1.96. The number of hydrogen-bond acceptors (Lipinski definition) is 4. The van der Waals surface area contributed by atoms with Crippen LogP contribution < -0.4 is 4.80 Å². The van der Waals surface area contributed by atoms with E-state index in [1.165, 1.54) is 7.11 Å². The molecule has 0 saturated carbocycles. The molecule has 0 fully saturated rings. The van der Waals surface area contributed by atoms with Crippen LogP contribution in [-0.2, 0) is 4.74 Å². The summed E-state index contributed by atoms with van der Waals surface area (Å²) in [4.78, 5) is 12.1. The Bertz CT molecular complexity index is 613. The molecular weight excluding hydrogens is 236 g/mol. The van der Waals surface area contributed by atoms with E-state index in [2.05, 4.69) is 4.74 Å². The first-order chi connectivity index (χ1) is 8.13. The number of esters is 1. The molecule has 0 unspecified atom stereocenters. The summed E-state index contributed by atoms with van der Waals surface area (Å²) in [6.45, 7) is 1.97. The van der Waals surface area contributed by atoms with Crippen molar-refractivity contribution in [1.82, 2.24) is 4.57 Å². The number of para-hydroxylation sites is 1. The quantitative estimate of drug-likeness (QED) is 0.827. The Hall–Kier alpha value is -1.88. The van der Waals surface area contributed by atoms with E-state index in [9.17, 15) is 4.79 Å². The van der Waals surface area contributed by atoms with Crippen LogP contribution in [0.2, 0.25) is 0 Å². The van der Waals surface area contributed by atoms with Crippen LogP contribution in [0.5, 0.6) is 0 Å². The van der Waals surface area contributed by atoms with Crippen LogP contribution in [-0.4, -0.2) is 17.6 Å². The zero-order valence-corrected chi connectivity index (χ0v) is 10.4. The average molecular weight is 248 g/mol. The largest absolute Gasteiger partial charge is 0.465 e. The fraction of sp³-hybridized carbons (Fsp3) is 0.167. The highest BCUT2D eigenvalue weighted by atomic mass is 32.1. The minimum Gasteiger partial charge on any atom is -0.465 e. The number of carbonyl (C=O) groups is 1. The van der Waals surface area contributed by atoms with Crippen molar-refractivity contribution < 1.29 is 9.53 Å². The molecular formula is C12H12N2O2S. The molecule has 0 amide bonds. The van der Waals surface area contributed by atoms with Crippen molar-refractivity contribution in [3.8, 4) is 5.69 Å². The van der Waals surface area contributed by atoms with Crippen molar-refractivity contribution in [2.24, 2.45) is 0 Å². The van der Waals surface area contributed by atoms with Gasteiger partial charge in [0.1, 0.15) is 4.88 Å². The number of nitrogens with zero attached hydrogens (tertiary/aromatic N) is 1. The van der Waals surface area contributed by atoms with Crippen LogP contribution in [0.1, 0.15) is 15.2 Å². The van der Waals surface area contributed by atoms with Gasteiger partial charge >= 0.3 is 5.97 Å². The summed E-state index contributed by atoms with van der Waals surface area (Å²) < 4.78 is 6.33. The lowest BCUT2D eigenvalue weighted by Crippen LogP contribution is -2.10. The lowest BCUT2D eigenvalue weighted by atomic mass is 10.2. The number of methoxy groups -OCH3 is 1. The van der Waals surface area contributed by atoms with Gasteiger partial charge in [-0.25, -0.2) is 4.79 Å². The molecule has 2 aromatic rings. The first-order valence-corrected chi connectivity index (χ1v) is 5.86. The van der Waals surface area contributed by atoms with Crippen molar-refractivity contribution in [1.29, 1.82) is 5.41 Å². The van der Waals surface area contributed by atoms with E-state index in [0.29, 0.717) is 9.68 Å². The topological polar surface area (TPSA) is 55.1 Å². The van der Waals surface area contributed by atoms with Crippen molar-refractivity contribution in [3.05, 3.63) is 45.7 Å². The minimum absolute atomic E-state index is 0.305. The van der Waals surface area contributed by atoms with Gasteiger partial charge in [-0.05, 0) is 18.6 Å². The monoisotopic (exact) mass is 248 g/mol. The van der Waals surface area contributed by atoms with Crippen molar-refractivity contribution >= 4 is 17.3 Å². The Kier molecular flexibility index (Phi) is 3.10. The lowest BCUT2D eigenvalue weighted by molar-refractivity contribution is 0.0606. The number of benzene rings is 1. The number of nitrogens with one attached hydrogen (secondary N) is 1. The fourth-order valence-electron chi connectivity index (χ4n) is 1.56. The van der Waals surface area contributed by atoms with Crippen molar-refractivity contribution in [2.45, 2.75) is 6.92 Å². The minimum atomic E-state index is -0.407. The second-order valence-corrected chi connectivity index (χ2v) is 4.58. The number of hydrogen-bond donors (Lipinski definition) is 1. The number of thiazole rings is 1. The SMILES string of the molecule is COC(=O)c1cn(-c2ccccc2C)c(=N)s1. The molecule has 0 bridgehead atoms. The second-order valence-electron chi connectivity index (χ2n) is 3.55. The average Bonchev–Trinajstić information content (AvgIpc) is 2.71. The molecule has 0 spiro atoms. The highest BCUT2D eigenvalue weighted by molar-refractivity contribution is 7.11. The van der Waals surface area contributed by atoms with Crippen LogP contribution in [0.25, 0.3) is 5.69 Å². The maximum absolute atomic E-state index is 11.4. The Morgan fingerprint density at radius 1 is 1.41 bits per heavy atom. The normalized spacial score (nSPS) is 10.2. The van der Waals surface area contributed by atoms with Gasteiger partial charge in [0.25, 0.3) is 0 Å². The summed E-state index contributed by atoms with van der Waals surface area (Å²) in [6.07, 6.45) is 1.64. The van der Waals surface area contributed by atoms with E-state index < -0.39 is 5.97 Å². The molecule has 1 aromatic carbocycles. The molecule has 0 aliphatic carbocycles. The van der Waals surface area contributed by atoms with E-state index >= 15 is 0 Å². The van der Waals surface area contributed by atoms with E-state index in [1.54, 1.807) is 10.8 Å².